The van der Waals surface area contributed by atoms with Crippen molar-refractivity contribution in [2.75, 3.05) is 6.54 Å². The van der Waals surface area contributed by atoms with E-state index in [-0.39, 0.29) is 17.0 Å². The first kappa shape index (κ1) is 13.8. The molecule has 1 amide bonds. The first-order chi connectivity index (χ1) is 8.04. The lowest BCUT2D eigenvalue weighted by atomic mass is 10.1. The van der Waals surface area contributed by atoms with Crippen molar-refractivity contribution < 1.29 is 9.90 Å². The summed E-state index contributed by atoms with van der Waals surface area (Å²) in [6.07, 6.45) is 1.87. The Morgan fingerprint density at radius 2 is 2.24 bits per heavy atom. The summed E-state index contributed by atoms with van der Waals surface area (Å²) in [5.41, 5.74) is 1.20. The number of benzene rings is 1. The van der Waals surface area contributed by atoms with Crippen LogP contribution in [0.15, 0.2) is 18.2 Å². The lowest BCUT2D eigenvalue weighted by Crippen LogP contribution is -2.29. The van der Waals surface area contributed by atoms with Crippen LogP contribution in [-0.2, 0) is 0 Å². The molecule has 1 unspecified atom stereocenters. The van der Waals surface area contributed by atoms with Crippen LogP contribution in [0.2, 0.25) is 0 Å². The minimum Gasteiger partial charge on any atom is -0.508 e. The standard InChI is InChI=1S/C13H18ClNO2/c1-3-4-11(14)8-15-13(17)10-6-5-9(2)12(16)7-10/h5-7,11,16H,3-4,8H2,1-2H3,(H,15,17). The van der Waals surface area contributed by atoms with E-state index in [0.717, 1.165) is 18.4 Å². The summed E-state index contributed by atoms with van der Waals surface area (Å²) in [6, 6.07) is 4.87. The highest BCUT2D eigenvalue weighted by atomic mass is 35.5. The van der Waals surface area contributed by atoms with E-state index in [9.17, 15) is 9.90 Å². The van der Waals surface area contributed by atoms with Crippen molar-refractivity contribution in [1.29, 1.82) is 0 Å². The SMILES string of the molecule is CCCC(Cl)CNC(=O)c1ccc(C)c(O)c1. The van der Waals surface area contributed by atoms with E-state index in [1.165, 1.54) is 6.07 Å². The fourth-order valence-electron chi connectivity index (χ4n) is 1.47. The summed E-state index contributed by atoms with van der Waals surface area (Å²) in [4.78, 5) is 11.7. The molecule has 0 bridgehead atoms. The first-order valence-corrected chi connectivity index (χ1v) is 6.20. The second kappa shape index (κ2) is 6.50. The third kappa shape index (κ3) is 4.27. The Labute approximate surface area is 107 Å². The van der Waals surface area contributed by atoms with Gasteiger partial charge in [-0.05, 0) is 31.0 Å². The van der Waals surface area contributed by atoms with E-state index >= 15 is 0 Å². The van der Waals surface area contributed by atoms with Gasteiger partial charge < -0.3 is 10.4 Å². The number of carbonyl (C=O) groups excluding carboxylic acids is 1. The van der Waals surface area contributed by atoms with Gasteiger partial charge in [0.15, 0.2) is 0 Å². The van der Waals surface area contributed by atoms with Crippen LogP contribution >= 0.6 is 11.6 Å². The Kier molecular flexibility index (Phi) is 5.29. The van der Waals surface area contributed by atoms with Crippen LogP contribution in [-0.4, -0.2) is 22.9 Å². The molecular formula is C13H18ClNO2. The number of rotatable bonds is 5. The molecule has 3 nitrogen and oxygen atoms in total. The highest BCUT2D eigenvalue weighted by molar-refractivity contribution is 6.20. The zero-order chi connectivity index (χ0) is 12.8. The van der Waals surface area contributed by atoms with Gasteiger partial charge in [-0.1, -0.05) is 19.4 Å². The number of aromatic hydroxyl groups is 1. The summed E-state index contributed by atoms with van der Waals surface area (Å²) >= 11 is 6.00. The minimum atomic E-state index is -0.206. The Hall–Kier alpha value is -1.22. The smallest absolute Gasteiger partial charge is 0.251 e. The van der Waals surface area contributed by atoms with E-state index in [2.05, 4.69) is 12.2 Å². The quantitative estimate of drug-likeness (QED) is 0.795. The fourth-order valence-corrected chi connectivity index (χ4v) is 1.77. The second-order valence-electron chi connectivity index (χ2n) is 4.10. The van der Waals surface area contributed by atoms with Crippen molar-refractivity contribution in [3.63, 3.8) is 0 Å². The summed E-state index contributed by atoms with van der Waals surface area (Å²) in [5.74, 6) is -0.0734. The maximum Gasteiger partial charge on any atom is 0.251 e. The normalized spacial score (nSPS) is 12.2. The highest BCUT2D eigenvalue weighted by Gasteiger charge is 2.09. The topological polar surface area (TPSA) is 49.3 Å². The Morgan fingerprint density at radius 1 is 1.53 bits per heavy atom. The third-order valence-electron chi connectivity index (χ3n) is 2.56. The Balaban J connectivity index is 2.55. The number of alkyl halides is 1. The summed E-state index contributed by atoms with van der Waals surface area (Å²) in [7, 11) is 0. The van der Waals surface area contributed by atoms with Gasteiger partial charge >= 0.3 is 0 Å². The molecule has 1 aromatic carbocycles. The minimum absolute atomic E-state index is 0.0389. The number of aryl methyl sites for hydroxylation is 1. The van der Waals surface area contributed by atoms with Crippen molar-refractivity contribution >= 4 is 17.5 Å². The second-order valence-corrected chi connectivity index (χ2v) is 4.71. The van der Waals surface area contributed by atoms with Crippen molar-refractivity contribution in [3.8, 4) is 5.75 Å². The number of nitrogens with one attached hydrogen (secondary N) is 1. The van der Waals surface area contributed by atoms with Crippen LogP contribution in [0.5, 0.6) is 5.75 Å². The Morgan fingerprint density at radius 3 is 2.82 bits per heavy atom. The van der Waals surface area contributed by atoms with Gasteiger partial charge in [0, 0.05) is 12.1 Å². The molecule has 0 saturated heterocycles. The van der Waals surface area contributed by atoms with E-state index in [0.29, 0.717) is 12.1 Å². The Bertz CT molecular complexity index is 393. The lowest BCUT2D eigenvalue weighted by molar-refractivity contribution is 0.0953. The molecule has 0 saturated carbocycles. The molecule has 0 aromatic heterocycles. The lowest BCUT2D eigenvalue weighted by Gasteiger charge is -2.10. The molecule has 2 N–H and O–H groups in total. The van der Waals surface area contributed by atoms with Gasteiger partial charge in [0.2, 0.25) is 0 Å². The van der Waals surface area contributed by atoms with Gasteiger partial charge in [0.05, 0.1) is 5.38 Å². The van der Waals surface area contributed by atoms with Crippen LogP contribution in [0.1, 0.15) is 35.7 Å². The van der Waals surface area contributed by atoms with Crippen LogP contribution in [0.4, 0.5) is 0 Å². The maximum absolute atomic E-state index is 11.7. The largest absolute Gasteiger partial charge is 0.508 e. The number of hydrogen-bond donors (Lipinski definition) is 2. The van der Waals surface area contributed by atoms with Crippen LogP contribution in [0.25, 0.3) is 0 Å². The van der Waals surface area contributed by atoms with Gasteiger partial charge in [-0.3, -0.25) is 4.79 Å². The van der Waals surface area contributed by atoms with E-state index in [1.54, 1.807) is 19.1 Å². The number of carbonyl (C=O) groups is 1. The molecule has 1 aromatic rings. The van der Waals surface area contributed by atoms with Gasteiger partial charge in [-0.25, -0.2) is 0 Å². The molecule has 0 aliphatic heterocycles. The number of hydrogen-bond acceptors (Lipinski definition) is 2. The average molecular weight is 256 g/mol. The molecule has 0 aliphatic rings. The number of halogens is 1. The zero-order valence-corrected chi connectivity index (χ0v) is 10.9. The van der Waals surface area contributed by atoms with E-state index in [4.69, 9.17) is 11.6 Å². The summed E-state index contributed by atoms with van der Waals surface area (Å²) in [6.45, 7) is 4.28. The molecule has 4 heteroatoms. The molecule has 1 rings (SSSR count). The highest BCUT2D eigenvalue weighted by Crippen LogP contribution is 2.17. The van der Waals surface area contributed by atoms with Gasteiger partial charge in [0.1, 0.15) is 5.75 Å². The van der Waals surface area contributed by atoms with Crippen LogP contribution in [0.3, 0.4) is 0 Å². The molecule has 1 atom stereocenters. The van der Waals surface area contributed by atoms with Crippen molar-refractivity contribution in [3.05, 3.63) is 29.3 Å². The fraction of sp³-hybridized carbons (Fsp3) is 0.462. The van der Waals surface area contributed by atoms with E-state index in [1.807, 2.05) is 0 Å². The van der Waals surface area contributed by atoms with Crippen LogP contribution in [0, 0.1) is 6.92 Å². The number of phenols is 1. The molecule has 0 aliphatic carbocycles. The van der Waals surface area contributed by atoms with Crippen molar-refractivity contribution in [1.82, 2.24) is 5.32 Å². The maximum atomic E-state index is 11.7. The van der Waals surface area contributed by atoms with Crippen molar-refractivity contribution in [2.45, 2.75) is 32.1 Å². The molecule has 0 fully saturated rings. The van der Waals surface area contributed by atoms with Crippen molar-refractivity contribution in [2.24, 2.45) is 0 Å². The average Bonchev–Trinajstić information content (AvgIpc) is 2.30. The predicted octanol–water partition coefficient (Wildman–Crippen LogP) is 2.84. The monoisotopic (exact) mass is 255 g/mol. The molecule has 0 heterocycles. The molecule has 94 valence electrons. The molecule has 0 spiro atoms. The first-order valence-electron chi connectivity index (χ1n) is 5.76. The molecule has 0 radical (unpaired) electrons. The predicted molar refractivity (Wildman–Crippen MR) is 69.7 cm³/mol. The zero-order valence-electron chi connectivity index (χ0n) is 10.2. The van der Waals surface area contributed by atoms with Gasteiger partial charge in [0.25, 0.3) is 5.91 Å². The third-order valence-corrected chi connectivity index (χ3v) is 2.93. The number of amides is 1. The summed E-state index contributed by atoms with van der Waals surface area (Å²) in [5, 5.41) is 12.2. The number of phenolic OH excluding ortho intramolecular Hbond substituents is 1. The molecular weight excluding hydrogens is 238 g/mol. The van der Waals surface area contributed by atoms with E-state index < -0.39 is 0 Å². The van der Waals surface area contributed by atoms with Gasteiger partial charge in [-0.2, -0.15) is 0 Å². The summed E-state index contributed by atoms with van der Waals surface area (Å²) < 4.78 is 0. The molecule has 17 heavy (non-hydrogen) atoms. The van der Waals surface area contributed by atoms with Gasteiger partial charge in [-0.15, -0.1) is 11.6 Å². The van der Waals surface area contributed by atoms with Crippen LogP contribution < -0.4 is 5.32 Å².